The average Bonchev–Trinajstić information content (AvgIpc) is 2.51. The number of hydrogen-bond acceptors (Lipinski definition) is 3. The zero-order valence-electron chi connectivity index (χ0n) is 11.3. The number of carbonyl (C=O) groups is 1. The van der Waals surface area contributed by atoms with Crippen molar-refractivity contribution < 1.29 is 14.6 Å². The Labute approximate surface area is 128 Å². The topological polar surface area (TPSA) is 58.6 Å². The zero-order valence-corrected chi connectivity index (χ0v) is 12.1. The number of aliphatic hydroxyl groups is 1. The lowest BCUT2D eigenvalue weighted by Crippen LogP contribution is -2.28. The van der Waals surface area contributed by atoms with Crippen LogP contribution in [0.2, 0.25) is 5.02 Å². The van der Waals surface area contributed by atoms with Crippen molar-refractivity contribution in [3.63, 3.8) is 0 Å². The number of halogens is 1. The van der Waals surface area contributed by atoms with E-state index in [2.05, 4.69) is 5.32 Å². The number of carbonyl (C=O) groups excluding carboxylic acids is 1. The van der Waals surface area contributed by atoms with Gasteiger partial charge in [0.1, 0.15) is 6.61 Å². The summed E-state index contributed by atoms with van der Waals surface area (Å²) in [6.45, 7) is 0.258. The van der Waals surface area contributed by atoms with Gasteiger partial charge >= 0.3 is 6.09 Å². The molecule has 2 aromatic rings. The van der Waals surface area contributed by atoms with Gasteiger partial charge in [-0.1, -0.05) is 54.1 Å². The van der Waals surface area contributed by atoms with Gasteiger partial charge in [0.15, 0.2) is 0 Å². The fourth-order valence-corrected chi connectivity index (χ4v) is 1.98. The van der Waals surface area contributed by atoms with Crippen LogP contribution in [0.1, 0.15) is 17.2 Å². The smallest absolute Gasteiger partial charge is 0.407 e. The molecule has 0 aliphatic carbocycles. The van der Waals surface area contributed by atoms with Crippen molar-refractivity contribution in [2.75, 3.05) is 6.54 Å². The number of aliphatic hydroxyl groups excluding tert-OH is 1. The molecular formula is C16H16ClNO3. The second-order valence-corrected chi connectivity index (χ2v) is 4.95. The van der Waals surface area contributed by atoms with Crippen LogP contribution in [-0.4, -0.2) is 17.7 Å². The van der Waals surface area contributed by atoms with E-state index in [-0.39, 0.29) is 13.2 Å². The number of benzene rings is 2. The summed E-state index contributed by atoms with van der Waals surface area (Å²) in [5, 5.41) is 13.0. The number of rotatable bonds is 5. The highest BCUT2D eigenvalue weighted by Gasteiger charge is 2.10. The van der Waals surface area contributed by atoms with E-state index in [1.54, 1.807) is 24.3 Å². The lowest BCUT2D eigenvalue weighted by atomic mass is 10.1. The molecule has 21 heavy (non-hydrogen) atoms. The van der Waals surface area contributed by atoms with Crippen molar-refractivity contribution in [1.82, 2.24) is 5.32 Å². The van der Waals surface area contributed by atoms with Crippen LogP contribution in [0.5, 0.6) is 0 Å². The van der Waals surface area contributed by atoms with E-state index in [1.165, 1.54) is 0 Å². The predicted octanol–water partition coefficient (Wildman–Crippen LogP) is 3.30. The SMILES string of the molecule is O=C(NCC(O)c1cccc(Cl)c1)OCc1ccccc1. The first-order valence-corrected chi connectivity index (χ1v) is 6.91. The largest absolute Gasteiger partial charge is 0.445 e. The second kappa shape index (κ2) is 7.67. The number of ether oxygens (including phenoxy) is 1. The highest BCUT2D eigenvalue weighted by atomic mass is 35.5. The third-order valence-electron chi connectivity index (χ3n) is 2.89. The summed E-state index contributed by atoms with van der Waals surface area (Å²) >= 11 is 5.85. The molecule has 1 amide bonds. The monoisotopic (exact) mass is 305 g/mol. The van der Waals surface area contributed by atoms with Gasteiger partial charge in [-0.3, -0.25) is 0 Å². The molecule has 0 saturated heterocycles. The minimum atomic E-state index is -0.826. The van der Waals surface area contributed by atoms with Crippen LogP contribution in [-0.2, 0) is 11.3 Å². The Bertz CT molecular complexity index is 589. The lowest BCUT2D eigenvalue weighted by molar-refractivity contribution is 0.126. The highest BCUT2D eigenvalue weighted by molar-refractivity contribution is 6.30. The van der Waals surface area contributed by atoms with Crippen molar-refractivity contribution in [2.24, 2.45) is 0 Å². The summed E-state index contributed by atoms with van der Waals surface area (Å²) in [5.41, 5.74) is 1.55. The molecule has 0 heterocycles. The molecule has 1 unspecified atom stereocenters. The molecular weight excluding hydrogens is 290 g/mol. The Morgan fingerprint density at radius 1 is 1.19 bits per heavy atom. The molecule has 5 heteroatoms. The molecule has 110 valence electrons. The lowest BCUT2D eigenvalue weighted by Gasteiger charge is -2.12. The van der Waals surface area contributed by atoms with Crippen LogP contribution < -0.4 is 5.32 Å². The molecule has 0 bridgehead atoms. The molecule has 0 aliphatic heterocycles. The zero-order chi connectivity index (χ0) is 15.1. The van der Waals surface area contributed by atoms with E-state index in [9.17, 15) is 9.90 Å². The Balaban J connectivity index is 1.76. The van der Waals surface area contributed by atoms with Gasteiger partial charge in [-0.15, -0.1) is 0 Å². The predicted molar refractivity (Wildman–Crippen MR) is 81.0 cm³/mol. The number of nitrogens with one attached hydrogen (secondary N) is 1. The standard InChI is InChI=1S/C16H16ClNO3/c17-14-8-4-7-13(9-14)15(19)10-18-16(20)21-11-12-5-2-1-3-6-12/h1-9,15,19H,10-11H2,(H,18,20). The molecule has 2 rings (SSSR count). The molecule has 0 saturated carbocycles. The Hall–Kier alpha value is -2.04. The van der Waals surface area contributed by atoms with Gasteiger partial charge in [-0.25, -0.2) is 4.79 Å². The van der Waals surface area contributed by atoms with E-state index >= 15 is 0 Å². The Morgan fingerprint density at radius 3 is 2.67 bits per heavy atom. The molecule has 0 aromatic heterocycles. The van der Waals surface area contributed by atoms with Crippen LogP contribution >= 0.6 is 11.6 Å². The first-order chi connectivity index (χ1) is 10.1. The quantitative estimate of drug-likeness (QED) is 0.891. The van der Waals surface area contributed by atoms with Gasteiger partial charge in [0, 0.05) is 5.02 Å². The third kappa shape index (κ3) is 5.10. The summed E-state index contributed by atoms with van der Waals surface area (Å²) in [4.78, 5) is 11.5. The Kier molecular flexibility index (Phi) is 5.60. The van der Waals surface area contributed by atoms with Crippen molar-refractivity contribution >= 4 is 17.7 Å². The van der Waals surface area contributed by atoms with E-state index < -0.39 is 12.2 Å². The minimum absolute atomic E-state index is 0.0635. The summed E-state index contributed by atoms with van der Waals surface area (Å²) in [5.74, 6) is 0. The first kappa shape index (κ1) is 15.4. The molecule has 2 aromatic carbocycles. The van der Waals surface area contributed by atoms with Crippen molar-refractivity contribution in [2.45, 2.75) is 12.7 Å². The number of hydrogen-bond donors (Lipinski definition) is 2. The maximum Gasteiger partial charge on any atom is 0.407 e. The van der Waals surface area contributed by atoms with E-state index in [4.69, 9.17) is 16.3 Å². The molecule has 1 atom stereocenters. The van der Waals surface area contributed by atoms with Gasteiger partial charge in [0.25, 0.3) is 0 Å². The highest BCUT2D eigenvalue weighted by Crippen LogP contribution is 2.17. The summed E-state index contributed by atoms with van der Waals surface area (Å²) in [6, 6.07) is 16.2. The van der Waals surface area contributed by atoms with E-state index in [0.717, 1.165) is 5.56 Å². The Morgan fingerprint density at radius 2 is 1.95 bits per heavy atom. The van der Waals surface area contributed by atoms with E-state index in [1.807, 2.05) is 30.3 Å². The van der Waals surface area contributed by atoms with Gasteiger partial charge in [-0.05, 0) is 23.3 Å². The maximum absolute atomic E-state index is 11.5. The summed E-state index contributed by atoms with van der Waals surface area (Å²) in [7, 11) is 0. The van der Waals surface area contributed by atoms with Crippen molar-refractivity contribution in [1.29, 1.82) is 0 Å². The third-order valence-corrected chi connectivity index (χ3v) is 3.12. The van der Waals surface area contributed by atoms with Crippen LogP contribution in [0.15, 0.2) is 54.6 Å². The first-order valence-electron chi connectivity index (χ1n) is 6.53. The molecule has 0 aliphatic rings. The fourth-order valence-electron chi connectivity index (χ4n) is 1.79. The van der Waals surface area contributed by atoms with Crippen molar-refractivity contribution in [3.05, 3.63) is 70.7 Å². The number of amides is 1. The van der Waals surface area contributed by atoms with Gasteiger partial charge in [0.05, 0.1) is 12.6 Å². The molecule has 4 nitrogen and oxygen atoms in total. The van der Waals surface area contributed by atoms with Gasteiger partial charge in [-0.2, -0.15) is 0 Å². The molecule has 0 spiro atoms. The second-order valence-electron chi connectivity index (χ2n) is 4.51. The summed E-state index contributed by atoms with van der Waals surface area (Å²) in [6.07, 6.45) is -1.40. The minimum Gasteiger partial charge on any atom is -0.445 e. The molecule has 0 fully saturated rings. The van der Waals surface area contributed by atoms with Crippen molar-refractivity contribution in [3.8, 4) is 0 Å². The fraction of sp³-hybridized carbons (Fsp3) is 0.188. The van der Waals surface area contributed by atoms with E-state index in [0.29, 0.717) is 10.6 Å². The maximum atomic E-state index is 11.5. The van der Waals surface area contributed by atoms with Gasteiger partial charge in [0.2, 0.25) is 0 Å². The molecule has 0 radical (unpaired) electrons. The number of alkyl carbamates (subject to hydrolysis) is 1. The van der Waals surface area contributed by atoms with Gasteiger partial charge < -0.3 is 15.2 Å². The molecule has 2 N–H and O–H groups in total. The van der Waals surface area contributed by atoms with Crippen LogP contribution in [0.25, 0.3) is 0 Å². The van der Waals surface area contributed by atoms with Crippen LogP contribution in [0.4, 0.5) is 4.79 Å². The normalized spacial score (nSPS) is 11.7. The summed E-state index contributed by atoms with van der Waals surface area (Å²) < 4.78 is 5.05. The average molecular weight is 306 g/mol. The van der Waals surface area contributed by atoms with Crippen LogP contribution in [0, 0.1) is 0 Å². The van der Waals surface area contributed by atoms with Crippen LogP contribution in [0.3, 0.4) is 0 Å².